The van der Waals surface area contributed by atoms with Crippen molar-refractivity contribution in [3.63, 3.8) is 0 Å². The molecule has 0 spiro atoms. The van der Waals surface area contributed by atoms with Crippen molar-refractivity contribution in [2.75, 3.05) is 0 Å². The van der Waals surface area contributed by atoms with Crippen LogP contribution >= 0.6 is 0 Å². The van der Waals surface area contributed by atoms with E-state index >= 15 is 0 Å². The van der Waals surface area contributed by atoms with Crippen LogP contribution in [-0.2, 0) is 0 Å². The highest BCUT2D eigenvalue weighted by Crippen LogP contribution is 2.40. The highest BCUT2D eigenvalue weighted by Gasteiger charge is 2.59. The standard InChI is InChI=1S/C11H17F6N3/c12-10(13,14)8(11(15,16)17)9(20-18)19-7-5-3-1-2-4-6-7/h7-8H,1-6,18H2,(H,19,20). The summed E-state index contributed by atoms with van der Waals surface area (Å²) in [5.74, 6) is -0.0740. The first-order chi connectivity index (χ1) is 9.16. The fourth-order valence-corrected chi connectivity index (χ4v) is 2.27. The maximum Gasteiger partial charge on any atom is 0.407 e. The molecule has 3 N–H and O–H groups in total. The lowest BCUT2D eigenvalue weighted by Crippen LogP contribution is -2.50. The monoisotopic (exact) mass is 305 g/mol. The van der Waals surface area contributed by atoms with Crippen molar-refractivity contribution >= 4 is 5.84 Å². The van der Waals surface area contributed by atoms with E-state index in [9.17, 15) is 26.3 Å². The van der Waals surface area contributed by atoms with Gasteiger partial charge in [-0.1, -0.05) is 25.7 Å². The Kier molecular flexibility index (Phi) is 5.67. The third-order valence-corrected chi connectivity index (χ3v) is 3.22. The van der Waals surface area contributed by atoms with Crippen molar-refractivity contribution in [3.8, 4) is 0 Å². The van der Waals surface area contributed by atoms with Crippen LogP contribution in [0.2, 0.25) is 0 Å². The number of nitrogens with two attached hydrogens (primary N) is 1. The van der Waals surface area contributed by atoms with E-state index in [-0.39, 0.29) is 0 Å². The van der Waals surface area contributed by atoms with Crippen LogP contribution in [-0.4, -0.2) is 24.2 Å². The Morgan fingerprint density at radius 3 is 1.75 bits per heavy atom. The summed E-state index contributed by atoms with van der Waals surface area (Å²) >= 11 is 0. The molecular weight excluding hydrogens is 288 g/mol. The summed E-state index contributed by atoms with van der Waals surface area (Å²) in [5, 5.41) is 0. The molecule has 1 rings (SSSR count). The van der Waals surface area contributed by atoms with Gasteiger partial charge < -0.3 is 5.43 Å². The first-order valence-corrected chi connectivity index (χ1v) is 6.34. The van der Waals surface area contributed by atoms with Gasteiger partial charge in [-0.3, -0.25) is 4.99 Å². The second-order valence-electron chi connectivity index (χ2n) is 4.82. The van der Waals surface area contributed by atoms with Crippen LogP contribution in [0.3, 0.4) is 0 Å². The minimum atomic E-state index is -5.48. The van der Waals surface area contributed by atoms with E-state index in [1.165, 1.54) is 5.43 Å². The van der Waals surface area contributed by atoms with Crippen LogP contribution in [0.4, 0.5) is 26.3 Å². The van der Waals surface area contributed by atoms with E-state index in [1.807, 2.05) is 0 Å². The molecule has 0 atom stereocenters. The topological polar surface area (TPSA) is 50.4 Å². The Morgan fingerprint density at radius 2 is 1.40 bits per heavy atom. The average Bonchev–Trinajstić information content (AvgIpc) is 2.52. The number of halogens is 6. The number of rotatable bonds is 2. The van der Waals surface area contributed by atoms with Crippen LogP contribution in [0, 0.1) is 5.92 Å². The van der Waals surface area contributed by atoms with E-state index in [0.717, 1.165) is 25.7 Å². The SMILES string of the molecule is NNC(=NC1CCCCCC1)C(C(F)(F)F)C(F)(F)F. The Bertz CT molecular complexity index is 314. The van der Waals surface area contributed by atoms with Crippen LogP contribution < -0.4 is 11.3 Å². The molecule has 118 valence electrons. The second-order valence-corrected chi connectivity index (χ2v) is 4.82. The molecule has 0 aromatic heterocycles. The molecule has 0 heterocycles. The summed E-state index contributed by atoms with van der Waals surface area (Å²) in [4.78, 5) is 3.59. The van der Waals surface area contributed by atoms with Gasteiger partial charge in [-0.15, -0.1) is 0 Å². The molecule has 0 aliphatic heterocycles. The van der Waals surface area contributed by atoms with Gasteiger partial charge in [0.1, 0.15) is 5.84 Å². The molecule has 1 aliphatic rings. The lowest BCUT2D eigenvalue weighted by Gasteiger charge is -2.25. The lowest BCUT2D eigenvalue weighted by atomic mass is 10.1. The zero-order valence-electron chi connectivity index (χ0n) is 10.7. The Balaban J connectivity index is 3.00. The molecule has 1 fully saturated rings. The summed E-state index contributed by atoms with van der Waals surface area (Å²) < 4.78 is 75.5. The van der Waals surface area contributed by atoms with Gasteiger partial charge in [-0.25, -0.2) is 5.84 Å². The predicted octanol–water partition coefficient (Wildman–Crippen LogP) is 3.31. The third-order valence-electron chi connectivity index (χ3n) is 3.22. The van der Waals surface area contributed by atoms with Gasteiger partial charge in [-0.2, -0.15) is 26.3 Å². The van der Waals surface area contributed by atoms with Crippen LogP contribution in [0.25, 0.3) is 0 Å². The number of alkyl halides is 6. The predicted molar refractivity (Wildman–Crippen MR) is 61.8 cm³/mol. The quantitative estimate of drug-likeness (QED) is 0.205. The lowest BCUT2D eigenvalue weighted by molar-refractivity contribution is -0.261. The van der Waals surface area contributed by atoms with Crippen molar-refractivity contribution < 1.29 is 26.3 Å². The van der Waals surface area contributed by atoms with E-state index in [0.29, 0.717) is 12.8 Å². The number of nitrogens with one attached hydrogen (secondary N) is 1. The van der Waals surface area contributed by atoms with Gasteiger partial charge in [0.25, 0.3) is 0 Å². The Labute approximate surface area is 112 Å². The molecule has 0 radical (unpaired) electrons. The molecule has 0 unspecified atom stereocenters. The average molecular weight is 305 g/mol. The van der Waals surface area contributed by atoms with Crippen molar-refractivity contribution in [2.45, 2.75) is 56.9 Å². The molecule has 0 aromatic carbocycles. The number of hydrogen-bond acceptors (Lipinski definition) is 2. The minimum Gasteiger partial charge on any atom is -0.311 e. The van der Waals surface area contributed by atoms with Crippen LogP contribution in [0.1, 0.15) is 38.5 Å². The zero-order chi connectivity index (χ0) is 15.4. The van der Waals surface area contributed by atoms with E-state index < -0.39 is 30.1 Å². The number of amidine groups is 1. The fourth-order valence-electron chi connectivity index (χ4n) is 2.27. The molecule has 1 saturated carbocycles. The highest BCUT2D eigenvalue weighted by molar-refractivity contribution is 5.85. The van der Waals surface area contributed by atoms with Crippen LogP contribution in [0.5, 0.6) is 0 Å². The largest absolute Gasteiger partial charge is 0.407 e. The van der Waals surface area contributed by atoms with E-state index in [2.05, 4.69) is 4.99 Å². The Hall–Kier alpha value is -0.990. The maximum absolute atomic E-state index is 12.6. The molecule has 0 bridgehead atoms. The first kappa shape index (κ1) is 17.1. The second kappa shape index (κ2) is 6.64. The molecule has 0 saturated heterocycles. The van der Waals surface area contributed by atoms with Crippen molar-refractivity contribution in [3.05, 3.63) is 0 Å². The van der Waals surface area contributed by atoms with Gasteiger partial charge >= 0.3 is 12.4 Å². The Morgan fingerprint density at radius 1 is 0.950 bits per heavy atom. The maximum atomic E-state index is 12.6. The van der Waals surface area contributed by atoms with Crippen molar-refractivity contribution in [1.82, 2.24) is 5.43 Å². The summed E-state index contributed by atoms with van der Waals surface area (Å²) in [6.07, 6.45) is -6.67. The summed E-state index contributed by atoms with van der Waals surface area (Å²) in [7, 11) is 0. The van der Waals surface area contributed by atoms with Gasteiger partial charge in [0.15, 0.2) is 0 Å². The molecule has 9 heteroatoms. The summed E-state index contributed by atoms with van der Waals surface area (Å²) in [6.45, 7) is 0. The highest BCUT2D eigenvalue weighted by atomic mass is 19.4. The smallest absolute Gasteiger partial charge is 0.311 e. The third kappa shape index (κ3) is 4.84. The van der Waals surface area contributed by atoms with Gasteiger partial charge in [0.2, 0.25) is 5.92 Å². The summed E-state index contributed by atoms with van der Waals surface area (Å²) in [5.41, 5.74) is 1.49. The summed E-state index contributed by atoms with van der Waals surface area (Å²) in [6, 6.07) is -0.546. The van der Waals surface area contributed by atoms with E-state index in [1.54, 1.807) is 0 Å². The first-order valence-electron chi connectivity index (χ1n) is 6.34. The number of aliphatic imine (C=N–C) groups is 1. The minimum absolute atomic E-state index is 0.480. The van der Waals surface area contributed by atoms with Gasteiger partial charge in [0.05, 0.1) is 6.04 Å². The normalized spacial score (nSPS) is 20.1. The van der Waals surface area contributed by atoms with Crippen molar-refractivity contribution in [1.29, 1.82) is 0 Å². The van der Waals surface area contributed by atoms with Crippen molar-refractivity contribution in [2.24, 2.45) is 16.8 Å². The van der Waals surface area contributed by atoms with Gasteiger partial charge in [-0.05, 0) is 12.8 Å². The molecular formula is C11H17F6N3. The van der Waals surface area contributed by atoms with Gasteiger partial charge in [0, 0.05) is 0 Å². The zero-order valence-corrected chi connectivity index (χ0v) is 10.7. The molecule has 3 nitrogen and oxygen atoms in total. The van der Waals surface area contributed by atoms with E-state index in [4.69, 9.17) is 5.84 Å². The van der Waals surface area contributed by atoms with Crippen LogP contribution in [0.15, 0.2) is 4.99 Å². The molecule has 0 aromatic rings. The molecule has 1 aliphatic carbocycles. The number of hydrogen-bond donors (Lipinski definition) is 2. The molecule has 20 heavy (non-hydrogen) atoms. The molecule has 0 amide bonds. The number of hydrazine groups is 1. The fraction of sp³-hybridized carbons (Fsp3) is 0.909. The number of nitrogens with zero attached hydrogens (tertiary/aromatic N) is 1.